The van der Waals surface area contributed by atoms with Crippen LogP contribution in [-0.4, -0.2) is 5.91 Å². The summed E-state index contributed by atoms with van der Waals surface area (Å²) in [6.45, 7) is 2.08. The first-order valence-electron chi connectivity index (χ1n) is 6.68. The Morgan fingerprint density at radius 1 is 1.33 bits per heavy atom. The van der Waals surface area contributed by atoms with Gasteiger partial charge >= 0.3 is 0 Å². The lowest BCUT2D eigenvalue weighted by Gasteiger charge is -2.19. The van der Waals surface area contributed by atoms with Crippen LogP contribution >= 0.6 is 27.5 Å². The molecule has 1 aliphatic rings. The molecule has 2 aromatic carbocycles. The Hall–Kier alpha value is -1.52. The van der Waals surface area contributed by atoms with Crippen LogP contribution < -0.4 is 10.6 Å². The van der Waals surface area contributed by atoms with Crippen molar-refractivity contribution in [2.45, 2.75) is 19.4 Å². The minimum atomic E-state index is 0.0112. The number of hydrogen-bond acceptors (Lipinski definition) is 2. The highest BCUT2D eigenvalue weighted by Gasteiger charge is 2.20. The molecule has 1 atom stereocenters. The van der Waals surface area contributed by atoms with Gasteiger partial charge < -0.3 is 10.6 Å². The molecule has 108 valence electrons. The first-order valence-corrected chi connectivity index (χ1v) is 7.85. The van der Waals surface area contributed by atoms with Gasteiger partial charge in [-0.05, 0) is 36.2 Å². The van der Waals surface area contributed by atoms with Gasteiger partial charge in [-0.1, -0.05) is 45.7 Å². The Morgan fingerprint density at radius 2 is 2.10 bits per heavy atom. The van der Waals surface area contributed by atoms with Crippen LogP contribution in [0, 0.1) is 0 Å². The Labute approximate surface area is 136 Å². The van der Waals surface area contributed by atoms with E-state index in [1.165, 1.54) is 0 Å². The first-order chi connectivity index (χ1) is 10.0. The summed E-state index contributed by atoms with van der Waals surface area (Å²) in [5, 5.41) is 6.82. The molecule has 1 amide bonds. The van der Waals surface area contributed by atoms with E-state index in [2.05, 4.69) is 39.6 Å². The van der Waals surface area contributed by atoms with E-state index in [-0.39, 0.29) is 11.9 Å². The third kappa shape index (κ3) is 2.92. The highest BCUT2D eigenvalue weighted by molar-refractivity contribution is 9.10. The largest absolute Gasteiger partial charge is 0.377 e. The maximum absolute atomic E-state index is 11.4. The normalized spacial score (nSPS) is 14.5. The average Bonchev–Trinajstić information content (AvgIpc) is 2.78. The number of hydrogen-bond donors (Lipinski definition) is 2. The van der Waals surface area contributed by atoms with Crippen LogP contribution in [0.4, 0.5) is 11.4 Å². The van der Waals surface area contributed by atoms with Crippen LogP contribution in [0.25, 0.3) is 0 Å². The zero-order valence-electron chi connectivity index (χ0n) is 11.4. The summed E-state index contributed by atoms with van der Waals surface area (Å²) in [5.74, 6) is 0.0112. The van der Waals surface area contributed by atoms with Gasteiger partial charge in [0.1, 0.15) is 0 Å². The van der Waals surface area contributed by atoms with Crippen molar-refractivity contribution in [2.75, 3.05) is 10.6 Å². The number of benzene rings is 2. The second-order valence-electron chi connectivity index (χ2n) is 5.10. The summed E-state index contributed by atoms with van der Waals surface area (Å²) in [6, 6.07) is 11.9. The number of amides is 1. The topological polar surface area (TPSA) is 41.1 Å². The van der Waals surface area contributed by atoms with Crippen LogP contribution in [0.2, 0.25) is 5.02 Å². The van der Waals surface area contributed by atoms with Gasteiger partial charge in [-0.2, -0.15) is 0 Å². The highest BCUT2D eigenvalue weighted by atomic mass is 79.9. The molecule has 0 radical (unpaired) electrons. The van der Waals surface area contributed by atoms with Crippen molar-refractivity contribution >= 4 is 44.8 Å². The Kier molecular flexibility index (Phi) is 3.91. The van der Waals surface area contributed by atoms with Gasteiger partial charge in [0.25, 0.3) is 0 Å². The maximum Gasteiger partial charge on any atom is 0.228 e. The predicted octanol–water partition coefficient (Wildman–Crippen LogP) is 4.77. The van der Waals surface area contributed by atoms with Crippen molar-refractivity contribution in [1.82, 2.24) is 0 Å². The fraction of sp³-hybridized carbons (Fsp3) is 0.188. The van der Waals surface area contributed by atoms with Gasteiger partial charge in [0.05, 0.1) is 17.1 Å². The number of rotatable bonds is 3. The van der Waals surface area contributed by atoms with Crippen molar-refractivity contribution in [3.63, 3.8) is 0 Å². The lowest BCUT2D eigenvalue weighted by Crippen LogP contribution is -2.08. The van der Waals surface area contributed by atoms with Gasteiger partial charge in [0.15, 0.2) is 0 Å². The quantitative estimate of drug-likeness (QED) is 0.822. The standard InChI is InChI=1S/C16H14BrClN2O/c1-9(11-4-2-3-5-12(11)17)19-15-6-10-7-16(21)20-14(10)8-13(15)18/h2-6,8-9,19H,7H2,1H3,(H,20,21). The summed E-state index contributed by atoms with van der Waals surface area (Å²) in [6.07, 6.45) is 0.407. The van der Waals surface area contributed by atoms with Crippen LogP contribution in [0.5, 0.6) is 0 Å². The molecule has 1 heterocycles. The Bertz CT molecular complexity index is 717. The molecular weight excluding hydrogens is 352 g/mol. The van der Waals surface area contributed by atoms with E-state index in [0.717, 1.165) is 27.0 Å². The Balaban J connectivity index is 1.87. The molecular formula is C16H14BrClN2O. The lowest BCUT2D eigenvalue weighted by molar-refractivity contribution is -0.115. The van der Waals surface area contributed by atoms with E-state index in [0.29, 0.717) is 11.4 Å². The summed E-state index contributed by atoms with van der Waals surface area (Å²) < 4.78 is 1.05. The minimum absolute atomic E-state index is 0.0112. The van der Waals surface area contributed by atoms with Gasteiger partial charge in [0, 0.05) is 16.2 Å². The van der Waals surface area contributed by atoms with Crippen molar-refractivity contribution in [3.05, 3.63) is 57.0 Å². The van der Waals surface area contributed by atoms with Crippen LogP contribution in [-0.2, 0) is 11.2 Å². The van der Waals surface area contributed by atoms with E-state index in [4.69, 9.17) is 11.6 Å². The number of carbonyl (C=O) groups excluding carboxylic acids is 1. The van der Waals surface area contributed by atoms with Crippen molar-refractivity contribution in [1.29, 1.82) is 0 Å². The fourth-order valence-electron chi connectivity index (χ4n) is 2.50. The summed E-state index contributed by atoms with van der Waals surface area (Å²) in [4.78, 5) is 11.4. The van der Waals surface area contributed by atoms with E-state index in [1.54, 1.807) is 6.07 Å². The molecule has 0 saturated heterocycles. The third-order valence-electron chi connectivity index (χ3n) is 3.56. The number of halogens is 2. The van der Waals surface area contributed by atoms with Crippen molar-refractivity contribution in [2.24, 2.45) is 0 Å². The molecule has 0 spiro atoms. The molecule has 0 bridgehead atoms. The van der Waals surface area contributed by atoms with E-state index < -0.39 is 0 Å². The first kappa shape index (κ1) is 14.4. The lowest BCUT2D eigenvalue weighted by atomic mass is 10.1. The molecule has 0 fully saturated rings. The molecule has 1 unspecified atom stereocenters. The molecule has 0 aliphatic carbocycles. The second kappa shape index (κ2) is 5.70. The van der Waals surface area contributed by atoms with Crippen molar-refractivity contribution in [3.8, 4) is 0 Å². The fourth-order valence-corrected chi connectivity index (χ4v) is 3.34. The summed E-state index contributed by atoms with van der Waals surface area (Å²) in [5.41, 5.74) is 3.79. The van der Waals surface area contributed by atoms with E-state index in [9.17, 15) is 4.79 Å². The van der Waals surface area contributed by atoms with Gasteiger partial charge in [0.2, 0.25) is 5.91 Å². The van der Waals surface area contributed by atoms with Crippen LogP contribution in [0.3, 0.4) is 0 Å². The van der Waals surface area contributed by atoms with Gasteiger partial charge in [-0.3, -0.25) is 4.79 Å². The number of nitrogens with one attached hydrogen (secondary N) is 2. The number of fused-ring (bicyclic) bond motifs is 1. The number of carbonyl (C=O) groups is 1. The predicted molar refractivity (Wildman–Crippen MR) is 90.0 cm³/mol. The Morgan fingerprint density at radius 3 is 2.86 bits per heavy atom. The van der Waals surface area contributed by atoms with Gasteiger partial charge in [-0.15, -0.1) is 0 Å². The molecule has 0 saturated carbocycles. The molecule has 1 aliphatic heterocycles. The molecule has 2 aromatic rings. The summed E-state index contributed by atoms with van der Waals surface area (Å²) >= 11 is 9.86. The zero-order chi connectivity index (χ0) is 15.0. The highest BCUT2D eigenvalue weighted by Crippen LogP contribution is 2.35. The third-order valence-corrected chi connectivity index (χ3v) is 4.60. The van der Waals surface area contributed by atoms with Crippen LogP contribution in [0.1, 0.15) is 24.1 Å². The van der Waals surface area contributed by atoms with E-state index >= 15 is 0 Å². The van der Waals surface area contributed by atoms with Crippen LogP contribution in [0.15, 0.2) is 40.9 Å². The molecule has 3 nitrogen and oxygen atoms in total. The number of anilines is 2. The summed E-state index contributed by atoms with van der Waals surface area (Å²) in [7, 11) is 0. The molecule has 21 heavy (non-hydrogen) atoms. The molecule has 2 N–H and O–H groups in total. The average molecular weight is 366 g/mol. The monoisotopic (exact) mass is 364 g/mol. The maximum atomic E-state index is 11.4. The molecule has 0 aromatic heterocycles. The van der Waals surface area contributed by atoms with Gasteiger partial charge in [-0.25, -0.2) is 0 Å². The SMILES string of the molecule is CC(Nc1cc2c(cc1Cl)NC(=O)C2)c1ccccc1Br. The zero-order valence-corrected chi connectivity index (χ0v) is 13.8. The molecule has 3 rings (SSSR count). The van der Waals surface area contributed by atoms with Crippen molar-refractivity contribution < 1.29 is 4.79 Å². The smallest absolute Gasteiger partial charge is 0.228 e. The van der Waals surface area contributed by atoms with E-state index in [1.807, 2.05) is 24.3 Å². The minimum Gasteiger partial charge on any atom is -0.377 e. The molecule has 5 heteroatoms. The second-order valence-corrected chi connectivity index (χ2v) is 6.36.